The number of amides is 2. The van der Waals surface area contributed by atoms with Crippen molar-refractivity contribution in [2.24, 2.45) is 0 Å². The van der Waals surface area contributed by atoms with Gasteiger partial charge in [-0.15, -0.1) is 0 Å². The van der Waals surface area contributed by atoms with Crippen LogP contribution >= 0.6 is 0 Å². The molecule has 0 aromatic heterocycles. The van der Waals surface area contributed by atoms with Crippen molar-refractivity contribution in [2.75, 3.05) is 6.54 Å². The van der Waals surface area contributed by atoms with Gasteiger partial charge in [-0.25, -0.2) is 0 Å². The van der Waals surface area contributed by atoms with Gasteiger partial charge >= 0.3 is 0 Å². The van der Waals surface area contributed by atoms with E-state index in [2.05, 4.69) is 10.6 Å². The van der Waals surface area contributed by atoms with Gasteiger partial charge in [0, 0.05) is 6.54 Å². The fourth-order valence-corrected chi connectivity index (χ4v) is 1.37. The Morgan fingerprint density at radius 3 is 2.61 bits per heavy atom. The standard InChI is InChI=1S/C12H16N2O4/c1-3-13-11(17)7(2)14-12(18)9-6-8(15)4-5-10(9)16/h4-7,15-16H,3H2,1-2H3,(H,13,17)(H,14,18). The predicted octanol–water partition coefficient (Wildman–Crippen LogP) is 0.352. The molecule has 18 heavy (non-hydrogen) atoms. The summed E-state index contributed by atoms with van der Waals surface area (Å²) < 4.78 is 0. The molecule has 0 aliphatic carbocycles. The van der Waals surface area contributed by atoms with Crippen molar-refractivity contribution in [1.29, 1.82) is 0 Å². The second kappa shape index (κ2) is 5.90. The number of benzene rings is 1. The molecule has 0 saturated heterocycles. The molecular weight excluding hydrogens is 236 g/mol. The van der Waals surface area contributed by atoms with E-state index in [1.54, 1.807) is 6.92 Å². The number of carbonyl (C=O) groups excluding carboxylic acids is 2. The quantitative estimate of drug-likeness (QED) is 0.581. The summed E-state index contributed by atoms with van der Waals surface area (Å²) in [6, 6.07) is 2.88. The summed E-state index contributed by atoms with van der Waals surface area (Å²) in [6.45, 7) is 3.77. The highest BCUT2D eigenvalue weighted by atomic mass is 16.3. The number of hydrogen-bond acceptors (Lipinski definition) is 4. The lowest BCUT2D eigenvalue weighted by Gasteiger charge is -2.13. The van der Waals surface area contributed by atoms with Crippen LogP contribution in [0, 0.1) is 0 Å². The normalized spacial score (nSPS) is 11.7. The van der Waals surface area contributed by atoms with Gasteiger partial charge in [0.05, 0.1) is 5.56 Å². The molecular formula is C12H16N2O4. The van der Waals surface area contributed by atoms with Gasteiger partial charge in [-0.1, -0.05) is 0 Å². The first-order valence-electron chi connectivity index (χ1n) is 5.56. The highest BCUT2D eigenvalue weighted by Crippen LogP contribution is 2.21. The Balaban J connectivity index is 2.76. The van der Waals surface area contributed by atoms with Crippen LogP contribution in [0.3, 0.4) is 0 Å². The predicted molar refractivity (Wildman–Crippen MR) is 65.4 cm³/mol. The fraction of sp³-hybridized carbons (Fsp3) is 0.333. The Kier molecular flexibility index (Phi) is 4.53. The molecule has 1 atom stereocenters. The maximum absolute atomic E-state index is 11.8. The lowest BCUT2D eigenvalue weighted by Crippen LogP contribution is -2.44. The van der Waals surface area contributed by atoms with Crippen molar-refractivity contribution >= 4 is 11.8 Å². The van der Waals surface area contributed by atoms with Crippen molar-refractivity contribution < 1.29 is 19.8 Å². The average Bonchev–Trinajstić information content (AvgIpc) is 2.32. The number of phenols is 2. The van der Waals surface area contributed by atoms with Gasteiger partial charge in [0.25, 0.3) is 5.91 Å². The summed E-state index contributed by atoms with van der Waals surface area (Å²) in [5, 5.41) is 23.7. The highest BCUT2D eigenvalue weighted by molar-refractivity contribution is 5.99. The van der Waals surface area contributed by atoms with E-state index < -0.39 is 11.9 Å². The van der Waals surface area contributed by atoms with Crippen LogP contribution in [0.25, 0.3) is 0 Å². The second-order valence-corrected chi connectivity index (χ2v) is 3.79. The Morgan fingerprint density at radius 2 is 2.00 bits per heavy atom. The third kappa shape index (κ3) is 3.38. The molecule has 4 N–H and O–H groups in total. The minimum atomic E-state index is -0.723. The Labute approximate surface area is 105 Å². The van der Waals surface area contributed by atoms with Crippen LogP contribution in [0.5, 0.6) is 11.5 Å². The molecule has 2 amide bonds. The number of likely N-dealkylation sites (N-methyl/N-ethyl adjacent to an activating group) is 1. The smallest absolute Gasteiger partial charge is 0.255 e. The zero-order valence-corrected chi connectivity index (χ0v) is 10.2. The summed E-state index contributed by atoms with van der Waals surface area (Å²) in [5.74, 6) is -1.33. The zero-order chi connectivity index (χ0) is 13.7. The SMILES string of the molecule is CCNC(=O)C(C)NC(=O)c1cc(O)ccc1O. The molecule has 6 nitrogen and oxygen atoms in total. The molecule has 0 saturated carbocycles. The van der Waals surface area contributed by atoms with Crippen molar-refractivity contribution in [3.8, 4) is 11.5 Å². The number of hydrogen-bond donors (Lipinski definition) is 4. The minimum Gasteiger partial charge on any atom is -0.508 e. The summed E-state index contributed by atoms with van der Waals surface area (Å²) in [6.07, 6.45) is 0. The number of phenolic OH excluding ortho intramolecular Hbond substituents is 2. The number of aromatic hydroxyl groups is 2. The number of nitrogens with one attached hydrogen (secondary N) is 2. The molecule has 1 unspecified atom stereocenters. The Bertz CT molecular complexity index is 459. The summed E-state index contributed by atoms with van der Waals surface area (Å²) >= 11 is 0. The summed E-state index contributed by atoms with van der Waals surface area (Å²) in [4.78, 5) is 23.2. The largest absolute Gasteiger partial charge is 0.508 e. The first kappa shape index (κ1) is 13.8. The molecule has 0 fully saturated rings. The van der Waals surface area contributed by atoms with E-state index in [1.165, 1.54) is 19.1 Å². The van der Waals surface area contributed by atoms with Crippen molar-refractivity contribution in [1.82, 2.24) is 10.6 Å². The topological polar surface area (TPSA) is 98.7 Å². The van der Waals surface area contributed by atoms with Crippen molar-refractivity contribution in [3.05, 3.63) is 23.8 Å². The molecule has 0 spiro atoms. The lowest BCUT2D eigenvalue weighted by atomic mass is 10.1. The molecule has 1 aromatic carbocycles. The molecule has 0 heterocycles. The first-order chi connectivity index (χ1) is 8.45. The third-order valence-electron chi connectivity index (χ3n) is 2.32. The Hall–Kier alpha value is -2.24. The maximum Gasteiger partial charge on any atom is 0.255 e. The molecule has 1 rings (SSSR count). The molecule has 0 aliphatic heterocycles. The van der Waals surface area contributed by atoms with Crippen LogP contribution in [-0.2, 0) is 4.79 Å². The van der Waals surface area contributed by atoms with Gasteiger partial charge in [-0.05, 0) is 32.0 Å². The Morgan fingerprint density at radius 1 is 1.33 bits per heavy atom. The lowest BCUT2D eigenvalue weighted by molar-refractivity contribution is -0.122. The zero-order valence-electron chi connectivity index (χ0n) is 10.2. The van der Waals surface area contributed by atoms with Crippen LogP contribution in [0.15, 0.2) is 18.2 Å². The fourth-order valence-electron chi connectivity index (χ4n) is 1.37. The molecule has 6 heteroatoms. The molecule has 0 aliphatic rings. The van der Waals surface area contributed by atoms with Crippen LogP contribution in [-0.4, -0.2) is 34.6 Å². The van der Waals surface area contributed by atoms with Crippen molar-refractivity contribution in [2.45, 2.75) is 19.9 Å². The van der Waals surface area contributed by atoms with Crippen LogP contribution in [0.1, 0.15) is 24.2 Å². The van der Waals surface area contributed by atoms with Gasteiger partial charge in [0.15, 0.2) is 0 Å². The average molecular weight is 252 g/mol. The molecule has 0 bridgehead atoms. The third-order valence-corrected chi connectivity index (χ3v) is 2.32. The van der Waals surface area contributed by atoms with Crippen LogP contribution < -0.4 is 10.6 Å². The second-order valence-electron chi connectivity index (χ2n) is 3.79. The van der Waals surface area contributed by atoms with E-state index in [9.17, 15) is 19.8 Å². The van der Waals surface area contributed by atoms with Crippen molar-refractivity contribution in [3.63, 3.8) is 0 Å². The van der Waals surface area contributed by atoms with Gasteiger partial charge in [0.1, 0.15) is 17.5 Å². The first-order valence-corrected chi connectivity index (χ1v) is 5.56. The van der Waals surface area contributed by atoms with Crippen LogP contribution in [0.4, 0.5) is 0 Å². The van der Waals surface area contributed by atoms with E-state index in [4.69, 9.17) is 0 Å². The highest BCUT2D eigenvalue weighted by Gasteiger charge is 2.18. The monoisotopic (exact) mass is 252 g/mol. The number of rotatable bonds is 4. The summed E-state index contributed by atoms with van der Waals surface area (Å²) in [7, 11) is 0. The van der Waals surface area contributed by atoms with Gasteiger partial charge < -0.3 is 20.8 Å². The minimum absolute atomic E-state index is 0.0776. The van der Waals surface area contributed by atoms with E-state index in [-0.39, 0.29) is 23.0 Å². The number of carbonyl (C=O) groups is 2. The van der Waals surface area contributed by atoms with Gasteiger partial charge in [-0.3, -0.25) is 9.59 Å². The van der Waals surface area contributed by atoms with Gasteiger partial charge in [0.2, 0.25) is 5.91 Å². The molecule has 98 valence electrons. The maximum atomic E-state index is 11.8. The van der Waals surface area contributed by atoms with E-state index in [0.717, 1.165) is 6.07 Å². The van der Waals surface area contributed by atoms with E-state index in [1.807, 2.05) is 0 Å². The van der Waals surface area contributed by atoms with E-state index >= 15 is 0 Å². The molecule has 1 aromatic rings. The molecule has 0 radical (unpaired) electrons. The summed E-state index contributed by atoms with van der Waals surface area (Å²) in [5.41, 5.74) is -0.0776. The van der Waals surface area contributed by atoms with Gasteiger partial charge in [-0.2, -0.15) is 0 Å². The van der Waals surface area contributed by atoms with E-state index in [0.29, 0.717) is 6.54 Å². The van der Waals surface area contributed by atoms with Crippen LogP contribution in [0.2, 0.25) is 0 Å².